The second-order valence-electron chi connectivity index (χ2n) is 5.37. The van der Waals surface area contributed by atoms with Gasteiger partial charge in [-0.15, -0.1) is 0 Å². The molecule has 1 amide bonds. The molecular formula is C18H16N4O4S. The van der Waals surface area contributed by atoms with Gasteiger partial charge >= 0.3 is 0 Å². The Morgan fingerprint density at radius 3 is 2.37 bits per heavy atom. The Bertz CT molecular complexity index is 1040. The second-order valence-corrected chi connectivity index (χ2v) is 7.06. The first-order valence-electron chi connectivity index (χ1n) is 7.84. The molecule has 0 aliphatic heterocycles. The molecule has 0 aliphatic carbocycles. The van der Waals surface area contributed by atoms with E-state index in [1.165, 1.54) is 43.6 Å². The van der Waals surface area contributed by atoms with Crippen molar-refractivity contribution >= 4 is 27.6 Å². The van der Waals surface area contributed by atoms with E-state index in [9.17, 15) is 13.2 Å². The van der Waals surface area contributed by atoms with E-state index in [0.717, 1.165) is 0 Å². The van der Waals surface area contributed by atoms with Crippen molar-refractivity contribution in [1.82, 2.24) is 9.97 Å². The third kappa shape index (κ3) is 4.59. The highest BCUT2D eigenvalue weighted by Crippen LogP contribution is 2.18. The van der Waals surface area contributed by atoms with Crippen molar-refractivity contribution in [3.05, 3.63) is 72.4 Å². The Morgan fingerprint density at radius 1 is 1.00 bits per heavy atom. The van der Waals surface area contributed by atoms with Gasteiger partial charge in [-0.2, -0.15) is 4.98 Å². The Kier molecular flexibility index (Phi) is 5.32. The van der Waals surface area contributed by atoms with Crippen LogP contribution >= 0.6 is 0 Å². The van der Waals surface area contributed by atoms with Crippen molar-refractivity contribution in [2.24, 2.45) is 0 Å². The largest absolute Gasteiger partial charge is 0.481 e. The van der Waals surface area contributed by atoms with Crippen LogP contribution in [0.25, 0.3) is 0 Å². The number of sulfonamides is 1. The SMILES string of the molecule is COc1ccnc(NS(=O)(=O)c2ccc(NC(=O)c3ccccc3)cc2)n1. The Balaban J connectivity index is 1.73. The number of hydrogen-bond donors (Lipinski definition) is 2. The van der Waals surface area contributed by atoms with E-state index < -0.39 is 10.0 Å². The van der Waals surface area contributed by atoms with Gasteiger partial charge in [0.05, 0.1) is 12.0 Å². The minimum absolute atomic E-state index is 0.00614. The number of ether oxygens (including phenoxy) is 1. The van der Waals surface area contributed by atoms with E-state index in [4.69, 9.17) is 4.74 Å². The number of nitrogens with zero attached hydrogens (tertiary/aromatic N) is 2. The molecule has 0 unspecified atom stereocenters. The van der Waals surface area contributed by atoms with Crippen molar-refractivity contribution in [1.29, 1.82) is 0 Å². The van der Waals surface area contributed by atoms with Crippen LogP contribution in [-0.4, -0.2) is 31.4 Å². The summed E-state index contributed by atoms with van der Waals surface area (Å²) in [5.41, 5.74) is 0.978. The fourth-order valence-electron chi connectivity index (χ4n) is 2.19. The summed E-state index contributed by atoms with van der Waals surface area (Å²) in [5.74, 6) is -0.147. The summed E-state index contributed by atoms with van der Waals surface area (Å²) in [6, 6.07) is 16.0. The molecule has 0 aliphatic rings. The van der Waals surface area contributed by atoms with Gasteiger partial charge in [-0.3, -0.25) is 4.79 Å². The number of methoxy groups -OCH3 is 1. The molecule has 0 saturated carbocycles. The molecule has 0 atom stereocenters. The molecule has 0 radical (unpaired) electrons. The van der Waals surface area contributed by atoms with Gasteiger partial charge in [0, 0.05) is 23.5 Å². The maximum atomic E-state index is 12.4. The van der Waals surface area contributed by atoms with Gasteiger partial charge in [-0.05, 0) is 36.4 Å². The smallest absolute Gasteiger partial charge is 0.264 e. The maximum Gasteiger partial charge on any atom is 0.264 e. The summed E-state index contributed by atoms with van der Waals surface area (Å²) < 4.78 is 32.1. The third-order valence-corrected chi connectivity index (χ3v) is 4.87. The molecule has 0 fully saturated rings. The van der Waals surface area contributed by atoms with Gasteiger partial charge in [-0.1, -0.05) is 18.2 Å². The fraction of sp³-hybridized carbons (Fsp3) is 0.0556. The number of carbonyl (C=O) groups is 1. The average Bonchev–Trinajstić information content (AvgIpc) is 2.69. The van der Waals surface area contributed by atoms with Crippen LogP contribution in [0.3, 0.4) is 0 Å². The molecule has 1 aromatic heterocycles. The Morgan fingerprint density at radius 2 is 1.70 bits per heavy atom. The monoisotopic (exact) mass is 384 g/mol. The van der Waals surface area contributed by atoms with Crippen molar-refractivity contribution in [2.45, 2.75) is 4.90 Å². The van der Waals surface area contributed by atoms with Crippen LogP contribution in [0.2, 0.25) is 0 Å². The van der Waals surface area contributed by atoms with Crippen molar-refractivity contribution < 1.29 is 17.9 Å². The number of amides is 1. The lowest BCUT2D eigenvalue weighted by Gasteiger charge is -2.09. The third-order valence-electron chi connectivity index (χ3n) is 3.52. The zero-order valence-electron chi connectivity index (χ0n) is 14.3. The lowest BCUT2D eigenvalue weighted by atomic mass is 10.2. The molecule has 8 nitrogen and oxygen atoms in total. The molecule has 3 rings (SSSR count). The van der Waals surface area contributed by atoms with Crippen LogP contribution in [0.1, 0.15) is 10.4 Å². The van der Waals surface area contributed by atoms with Crippen LogP contribution in [0, 0.1) is 0 Å². The van der Waals surface area contributed by atoms with E-state index in [0.29, 0.717) is 11.3 Å². The summed E-state index contributed by atoms with van der Waals surface area (Å²) in [6.07, 6.45) is 1.38. The van der Waals surface area contributed by atoms with Crippen LogP contribution in [-0.2, 0) is 10.0 Å². The molecule has 1 heterocycles. The van der Waals surface area contributed by atoms with Gasteiger partial charge in [0.15, 0.2) is 0 Å². The van der Waals surface area contributed by atoms with Crippen LogP contribution in [0.5, 0.6) is 5.88 Å². The highest BCUT2D eigenvalue weighted by atomic mass is 32.2. The van der Waals surface area contributed by atoms with Gasteiger partial charge in [0.25, 0.3) is 15.9 Å². The fourth-order valence-corrected chi connectivity index (χ4v) is 3.15. The lowest BCUT2D eigenvalue weighted by Crippen LogP contribution is -2.15. The van der Waals surface area contributed by atoms with Crippen molar-refractivity contribution in [3.63, 3.8) is 0 Å². The second kappa shape index (κ2) is 7.83. The van der Waals surface area contributed by atoms with Crippen molar-refractivity contribution in [3.8, 4) is 5.88 Å². The lowest BCUT2D eigenvalue weighted by molar-refractivity contribution is 0.102. The molecule has 2 aromatic carbocycles. The quantitative estimate of drug-likeness (QED) is 0.676. The van der Waals surface area contributed by atoms with E-state index >= 15 is 0 Å². The molecule has 3 aromatic rings. The summed E-state index contributed by atoms with van der Waals surface area (Å²) >= 11 is 0. The number of benzene rings is 2. The van der Waals surface area contributed by atoms with E-state index in [1.54, 1.807) is 24.3 Å². The molecule has 138 valence electrons. The minimum Gasteiger partial charge on any atom is -0.481 e. The number of aromatic nitrogens is 2. The zero-order chi connectivity index (χ0) is 19.3. The van der Waals surface area contributed by atoms with Crippen molar-refractivity contribution in [2.75, 3.05) is 17.1 Å². The van der Waals surface area contributed by atoms with Crippen LogP contribution in [0.4, 0.5) is 11.6 Å². The minimum atomic E-state index is -3.88. The van der Waals surface area contributed by atoms with Gasteiger partial charge < -0.3 is 10.1 Å². The van der Waals surface area contributed by atoms with E-state index in [1.807, 2.05) is 6.07 Å². The predicted molar refractivity (Wildman–Crippen MR) is 100 cm³/mol. The highest BCUT2D eigenvalue weighted by molar-refractivity contribution is 7.92. The van der Waals surface area contributed by atoms with Gasteiger partial charge in [-0.25, -0.2) is 18.1 Å². The molecule has 0 spiro atoms. The number of anilines is 2. The van der Waals surface area contributed by atoms with Crippen LogP contribution in [0.15, 0.2) is 71.8 Å². The first kappa shape index (κ1) is 18.3. The van der Waals surface area contributed by atoms with Gasteiger partial charge in [0.1, 0.15) is 0 Å². The molecular weight excluding hydrogens is 368 g/mol. The number of carbonyl (C=O) groups excluding carboxylic acids is 1. The first-order chi connectivity index (χ1) is 13.0. The Labute approximate surface area is 156 Å². The number of hydrogen-bond acceptors (Lipinski definition) is 6. The Hall–Kier alpha value is -3.46. The van der Waals surface area contributed by atoms with E-state index in [-0.39, 0.29) is 22.6 Å². The molecule has 9 heteroatoms. The summed E-state index contributed by atoms with van der Waals surface area (Å²) in [4.78, 5) is 19.9. The highest BCUT2D eigenvalue weighted by Gasteiger charge is 2.16. The normalized spacial score (nSPS) is 10.9. The number of nitrogens with one attached hydrogen (secondary N) is 2. The summed E-state index contributed by atoms with van der Waals surface area (Å²) in [7, 11) is -2.46. The van der Waals surface area contributed by atoms with Crippen LogP contribution < -0.4 is 14.8 Å². The molecule has 0 saturated heterocycles. The summed E-state index contributed by atoms with van der Waals surface area (Å²) in [5, 5.41) is 2.71. The molecule has 27 heavy (non-hydrogen) atoms. The topological polar surface area (TPSA) is 110 Å². The standard InChI is InChI=1S/C18H16N4O4S/c1-26-16-11-12-19-18(21-16)22-27(24,25)15-9-7-14(8-10-15)20-17(23)13-5-3-2-4-6-13/h2-12H,1H3,(H,20,23)(H,19,21,22). The number of rotatable bonds is 6. The molecule has 0 bridgehead atoms. The maximum absolute atomic E-state index is 12.4. The first-order valence-corrected chi connectivity index (χ1v) is 9.32. The average molecular weight is 384 g/mol. The van der Waals surface area contributed by atoms with E-state index in [2.05, 4.69) is 20.0 Å². The summed E-state index contributed by atoms with van der Waals surface area (Å²) in [6.45, 7) is 0. The van der Waals surface area contributed by atoms with Gasteiger partial charge in [0.2, 0.25) is 11.8 Å². The zero-order valence-corrected chi connectivity index (χ0v) is 15.1. The molecule has 2 N–H and O–H groups in total. The predicted octanol–water partition coefficient (Wildman–Crippen LogP) is 2.54.